The van der Waals surface area contributed by atoms with Crippen LogP contribution in [0.4, 0.5) is 0 Å². The van der Waals surface area contributed by atoms with Crippen LogP contribution in [-0.4, -0.2) is 24.1 Å². The Morgan fingerprint density at radius 2 is 2.07 bits per heavy atom. The van der Waals surface area contributed by atoms with Gasteiger partial charge in [0.1, 0.15) is 0 Å². The fourth-order valence-corrected chi connectivity index (χ4v) is 1.34. The lowest BCUT2D eigenvalue weighted by atomic mass is 10.0. The van der Waals surface area contributed by atoms with Crippen molar-refractivity contribution in [1.82, 2.24) is 5.32 Å². The zero-order valence-electron chi connectivity index (χ0n) is 9.16. The molecule has 15 heavy (non-hydrogen) atoms. The molecule has 0 spiro atoms. The van der Waals surface area contributed by atoms with Gasteiger partial charge >= 0.3 is 0 Å². The van der Waals surface area contributed by atoms with E-state index >= 15 is 0 Å². The SMILES string of the molecule is CC(CCCCNC(=O)CCS)C(N)=O. The minimum atomic E-state index is -0.255. The van der Waals surface area contributed by atoms with Crippen molar-refractivity contribution < 1.29 is 9.59 Å². The van der Waals surface area contributed by atoms with Crippen LogP contribution >= 0.6 is 12.6 Å². The molecule has 0 saturated carbocycles. The second-order valence-corrected chi connectivity index (χ2v) is 4.07. The van der Waals surface area contributed by atoms with E-state index in [1.165, 1.54) is 0 Å². The Morgan fingerprint density at radius 3 is 2.60 bits per heavy atom. The van der Waals surface area contributed by atoms with E-state index in [4.69, 9.17) is 5.73 Å². The zero-order valence-corrected chi connectivity index (χ0v) is 10.1. The Balaban J connectivity index is 3.32. The molecule has 0 aromatic heterocycles. The summed E-state index contributed by atoms with van der Waals surface area (Å²) in [6.07, 6.45) is 3.04. The maximum absolute atomic E-state index is 11.0. The molecular weight excluding hydrogens is 212 g/mol. The third-order valence-electron chi connectivity index (χ3n) is 2.21. The maximum Gasteiger partial charge on any atom is 0.220 e. The predicted molar refractivity (Wildman–Crippen MR) is 63.7 cm³/mol. The summed E-state index contributed by atoms with van der Waals surface area (Å²) >= 11 is 3.96. The van der Waals surface area contributed by atoms with Crippen molar-refractivity contribution in [3.8, 4) is 0 Å². The van der Waals surface area contributed by atoms with E-state index < -0.39 is 0 Å². The van der Waals surface area contributed by atoms with Gasteiger partial charge in [-0.1, -0.05) is 13.3 Å². The predicted octanol–water partition coefficient (Wildman–Crippen LogP) is 0.714. The molecule has 0 bridgehead atoms. The molecule has 3 N–H and O–H groups in total. The first-order chi connectivity index (χ1) is 7.07. The second kappa shape index (κ2) is 8.59. The van der Waals surface area contributed by atoms with Crippen molar-refractivity contribution in [2.24, 2.45) is 11.7 Å². The Labute approximate surface area is 96.4 Å². The molecule has 0 aliphatic rings. The molecule has 88 valence electrons. The van der Waals surface area contributed by atoms with Crippen LogP contribution in [0.25, 0.3) is 0 Å². The van der Waals surface area contributed by atoms with Gasteiger partial charge in [-0.3, -0.25) is 9.59 Å². The van der Waals surface area contributed by atoms with Crippen LogP contribution in [0, 0.1) is 5.92 Å². The number of hydrogen-bond acceptors (Lipinski definition) is 3. The van der Waals surface area contributed by atoms with E-state index in [1.54, 1.807) is 0 Å². The second-order valence-electron chi connectivity index (χ2n) is 3.62. The molecule has 0 heterocycles. The summed E-state index contributed by atoms with van der Waals surface area (Å²) in [5.74, 6) is 0.282. The Hall–Kier alpha value is -0.710. The number of primary amides is 1. The Bertz CT molecular complexity index is 210. The van der Waals surface area contributed by atoms with Crippen molar-refractivity contribution >= 4 is 24.4 Å². The van der Waals surface area contributed by atoms with Gasteiger partial charge in [-0.05, 0) is 18.6 Å². The van der Waals surface area contributed by atoms with Crippen molar-refractivity contribution in [1.29, 1.82) is 0 Å². The third kappa shape index (κ3) is 8.30. The number of thiol groups is 1. The molecule has 0 aliphatic heterocycles. The number of hydrogen-bond donors (Lipinski definition) is 3. The summed E-state index contributed by atoms with van der Waals surface area (Å²) in [5.41, 5.74) is 5.12. The highest BCUT2D eigenvalue weighted by atomic mass is 32.1. The van der Waals surface area contributed by atoms with Crippen LogP contribution in [0.15, 0.2) is 0 Å². The number of nitrogens with one attached hydrogen (secondary N) is 1. The first-order valence-electron chi connectivity index (χ1n) is 5.24. The molecule has 0 fully saturated rings. The largest absolute Gasteiger partial charge is 0.369 e. The van der Waals surface area contributed by atoms with Gasteiger partial charge in [-0.15, -0.1) is 0 Å². The summed E-state index contributed by atoms with van der Waals surface area (Å²) in [6, 6.07) is 0. The van der Waals surface area contributed by atoms with Crippen molar-refractivity contribution in [3.05, 3.63) is 0 Å². The number of rotatable bonds is 8. The van der Waals surface area contributed by atoms with Crippen LogP contribution in [0.2, 0.25) is 0 Å². The van der Waals surface area contributed by atoms with Crippen LogP contribution in [0.3, 0.4) is 0 Å². The summed E-state index contributed by atoms with van der Waals surface area (Å²) in [6.45, 7) is 2.49. The first kappa shape index (κ1) is 14.3. The average molecular weight is 232 g/mol. The molecule has 0 aromatic carbocycles. The van der Waals surface area contributed by atoms with Gasteiger partial charge in [0, 0.05) is 18.9 Å². The Kier molecular flexibility index (Phi) is 8.18. The van der Waals surface area contributed by atoms with Crippen molar-refractivity contribution in [3.63, 3.8) is 0 Å². The van der Waals surface area contributed by atoms with Gasteiger partial charge < -0.3 is 11.1 Å². The minimum absolute atomic E-state index is 0.0351. The molecule has 0 aliphatic carbocycles. The lowest BCUT2D eigenvalue weighted by molar-refractivity contribution is -0.122. The molecule has 0 aromatic rings. The van der Waals surface area contributed by atoms with E-state index in [-0.39, 0.29) is 17.7 Å². The molecule has 0 saturated heterocycles. The van der Waals surface area contributed by atoms with E-state index in [9.17, 15) is 9.59 Å². The van der Waals surface area contributed by atoms with Crippen molar-refractivity contribution in [2.75, 3.05) is 12.3 Å². The summed E-state index contributed by atoms with van der Waals surface area (Å²) < 4.78 is 0. The van der Waals surface area contributed by atoms with Crippen LogP contribution < -0.4 is 11.1 Å². The summed E-state index contributed by atoms with van der Waals surface area (Å²) in [7, 11) is 0. The number of carbonyl (C=O) groups is 2. The molecule has 5 heteroatoms. The average Bonchev–Trinajstić information content (AvgIpc) is 2.17. The smallest absolute Gasteiger partial charge is 0.220 e. The van der Waals surface area contributed by atoms with Gasteiger partial charge in [0.2, 0.25) is 11.8 Å². The monoisotopic (exact) mass is 232 g/mol. The molecule has 0 rings (SSSR count). The molecule has 1 atom stereocenters. The van der Waals surface area contributed by atoms with Crippen LogP contribution in [-0.2, 0) is 9.59 Å². The fraction of sp³-hybridized carbons (Fsp3) is 0.800. The summed E-state index contributed by atoms with van der Waals surface area (Å²) in [4.78, 5) is 21.7. The molecule has 2 amide bonds. The first-order valence-corrected chi connectivity index (χ1v) is 5.88. The molecule has 4 nitrogen and oxygen atoms in total. The fourth-order valence-electron chi connectivity index (χ4n) is 1.14. The zero-order chi connectivity index (χ0) is 11.7. The topological polar surface area (TPSA) is 72.2 Å². The maximum atomic E-state index is 11.0. The molecular formula is C10H20N2O2S. The van der Waals surface area contributed by atoms with Crippen molar-refractivity contribution in [2.45, 2.75) is 32.6 Å². The number of unbranched alkanes of at least 4 members (excludes halogenated alkanes) is 1. The number of nitrogens with two attached hydrogens (primary N) is 1. The van der Waals surface area contributed by atoms with Gasteiger partial charge in [-0.2, -0.15) is 12.6 Å². The number of carbonyl (C=O) groups excluding carboxylic acids is 2. The van der Waals surface area contributed by atoms with Gasteiger partial charge in [-0.25, -0.2) is 0 Å². The van der Waals surface area contributed by atoms with E-state index in [0.29, 0.717) is 18.7 Å². The standard InChI is InChI=1S/C10H20N2O2S/c1-8(10(11)14)4-2-3-6-12-9(13)5-7-15/h8,15H,2-7H2,1H3,(H2,11,14)(H,12,13). The van der Waals surface area contributed by atoms with Gasteiger partial charge in [0.25, 0.3) is 0 Å². The minimum Gasteiger partial charge on any atom is -0.369 e. The summed E-state index contributed by atoms with van der Waals surface area (Å²) in [5, 5.41) is 2.78. The normalized spacial score (nSPS) is 12.1. The van der Waals surface area contributed by atoms with E-state index in [0.717, 1.165) is 19.3 Å². The molecule has 0 radical (unpaired) electrons. The van der Waals surface area contributed by atoms with Gasteiger partial charge in [0.15, 0.2) is 0 Å². The molecule has 1 unspecified atom stereocenters. The third-order valence-corrected chi connectivity index (χ3v) is 2.43. The Morgan fingerprint density at radius 1 is 1.40 bits per heavy atom. The van der Waals surface area contributed by atoms with E-state index in [2.05, 4.69) is 17.9 Å². The number of amides is 2. The lowest BCUT2D eigenvalue weighted by Gasteiger charge is -2.07. The quantitative estimate of drug-likeness (QED) is 0.426. The highest BCUT2D eigenvalue weighted by Gasteiger charge is 2.07. The van der Waals surface area contributed by atoms with Crippen LogP contribution in [0.5, 0.6) is 0 Å². The highest BCUT2D eigenvalue weighted by molar-refractivity contribution is 7.80. The van der Waals surface area contributed by atoms with E-state index in [1.807, 2.05) is 6.92 Å². The highest BCUT2D eigenvalue weighted by Crippen LogP contribution is 2.06. The van der Waals surface area contributed by atoms with Crippen LogP contribution in [0.1, 0.15) is 32.6 Å². The van der Waals surface area contributed by atoms with Gasteiger partial charge in [0.05, 0.1) is 0 Å². The lowest BCUT2D eigenvalue weighted by Crippen LogP contribution is -2.25.